The van der Waals surface area contributed by atoms with E-state index in [1.54, 1.807) is 29.5 Å². The standard InChI is InChI=1S/C31H36Cl2N2O2S/c1-22-6-2-3-7-23(22)8-5-12-31(37)13-15-34(16-14-31)18-25-19-35(20-27(25)24-11-17-38-21-24)30(36)26-9-4-10-28(32)29(26)33/h2-4,6-7,9-11,17,21,25,27,37H,5,8,12-16,18-20H2,1H3. The van der Waals surface area contributed by atoms with Gasteiger partial charge in [0, 0.05) is 38.6 Å². The number of thiophene rings is 1. The van der Waals surface area contributed by atoms with Crippen LogP contribution in [0.1, 0.15) is 58.6 Å². The molecule has 2 saturated heterocycles. The molecular weight excluding hydrogens is 535 g/mol. The van der Waals surface area contributed by atoms with Crippen molar-refractivity contribution < 1.29 is 9.90 Å². The van der Waals surface area contributed by atoms with Gasteiger partial charge in [0.25, 0.3) is 5.91 Å². The van der Waals surface area contributed by atoms with E-state index in [0.29, 0.717) is 34.6 Å². The molecule has 2 fully saturated rings. The molecule has 1 aromatic heterocycles. The van der Waals surface area contributed by atoms with Crippen LogP contribution in [0.3, 0.4) is 0 Å². The highest BCUT2D eigenvalue weighted by molar-refractivity contribution is 7.08. The average Bonchev–Trinajstić information content (AvgIpc) is 3.58. The van der Waals surface area contributed by atoms with E-state index in [9.17, 15) is 9.90 Å². The van der Waals surface area contributed by atoms with E-state index < -0.39 is 5.60 Å². The Kier molecular flexibility index (Phi) is 8.81. The summed E-state index contributed by atoms with van der Waals surface area (Å²) < 4.78 is 0. The number of piperidine rings is 1. The smallest absolute Gasteiger partial charge is 0.255 e. The number of likely N-dealkylation sites (tertiary alicyclic amines) is 2. The zero-order valence-electron chi connectivity index (χ0n) is 21.9. The number of aliphatic hydroxyl groups is 1. The van der Waals surface area contributed by atoms with Crippen LogP contribution in [-0.2, 0) is 6.42 Å². The van der Waals surface area contributed by atoms with E-state index in [2.05, 4.69) is 52.9 Å². The van der Waals surface area contributed by atoms with Gasteiger partial charge in [-0.1, -0.05) is 53.5 Å². The Bertz CT molecular complexity index is 1240. The molecular formula is C31H36Cl2N2O2S. The monoisotopic (exact) mass is 570 g/mol. The zero-order chi connectivity index (χ0) is 26.7. The number of hydrogen-bond donors (Lipinski definition) is 1. The molecule has 7 heteroatoms. The second-order valence-corrected chi connectivity index (χ2v) is 12.6. The summed E-state index contributed by atoms with van der Waals surface area (Å²) in [6.45, 7) is 6.24. The molecule has 2 atom stereocenters. The topological polar surface area (TPSA) is 43.8 Å². The van der Waals surface area contributed by atoms with Gasteiger partial charge in [-0.2, -0.15) is 11.3 Å². The van der Waals surface area contributed by atoms with Gasteiger partial charge in [0.15, 0.2) is 0 Å². The summed E-state index contributed by atoms with van der Waals surface area (Å²) in [6.07, 6.45) is 4.48. The van der Waals surface area contributed by atoms with Crippen molar-refractivity contribution in [3.8, 4) is 0 Å². The van der Waals surface area contributed by atoms with Gasteiger partial charge in [-0.15, -0.1) is 0 Å². The Morgan fingerprint density at radius 1 is 1.08 bits per heavy atom. The van der Waals surface area contributed by atoms with Crippen LogP contribution in [0.25, 0.3) is 0 Å². The van der Waals surface area contributed by atoms with Crippen LogP contribution in [0, 0.1) is 12.8 Å². The molecule has 2 aliphatic rings. The lowest BCUT2D eigenvalue weighted by atomic mass is 9.84. The van der Waals surface area contributed by atoms with E-state index in [0.717, 1.165) is 51.7 Å². The van der Waals surface area contributed by atoms with E-state index in [-0.39, 0.29) is 11.8 Å². The number of nitrogens with zero attached hydrogens (tertiary/aromatic N) is 2. The summed E-state index contributed by atoms with van der Waals surface area (Å²) in [7, 11) is 0. The number of hydrogen-bond acceptors (Lipinski definition) is 4. The van der Waals surface area contributed by atoms with Crippen LogP contribution in [0.4, 0.5) is 0 Å². The molecule has 0 spiro atoms. The number of amides is 1. The van der Waals surface area contributed by atoms with Crippen molar-refractivity contribution >= 4 is 40.4 Å². The lowest BCUT2D eigenvalue weighted by Gasteiger charge is -2.39. The first-order chi connectivity index (χ1) is 18.3. The van der Waals surface area contributed by atoms with E-state index in [1.165, 1.54) is 16.7 Å². The van der Waals surface area contributed by atoms with Gasteiger partial charge in [0.2, 0.25) is 0 Å². The van der Waals surface area contributed by atoms with Gasteiger partial charge in [-0.05, 0) is 90.6 Å². The summed E-state index contributed by atoms with van der Waals surface area (Å²) in [5.41, 5.74) is 3.91. The van der Waals surface area contributed by atoms with Crippen molar-refractivity contribution in [2.24, 2.45) is 5.92 Å². The molecule has 4 nitrogen and oxygen atoms in total. The number of aryl methyl sites for hydroxylation is 2. The number of carbonyl (C=O) groups excluding carboxylic acids is 1. The molecule has 3 heterocycles. The summed E-state index contributed by atoms with van der Waals surface area (Å²) >= 11 is 14.3. The first-order valence-corrected chi connectivity index (χ1v) is 15.3. The second-order valence-electron chi connectivity index (χ2n) is 11.0. The summed E-state index contributed by atoms with van der Waals surface area (Å²) in [4.78, 5) is 17.8. The molecule has 0 saturated carbocycles. The van der Waals surface area contributed by atoms with Crippen LogP contribution in [0.5, 0.6) is 0 Å². The predicted octanol–water partition coefficient (Wildman–Crippen LogP) is 7.07. The summed E-state index contributed by atoms with van der Waals surface area (Å²) in [5.74, 6) is 0.568. The summed E-state index contributed by atoms with van der Waals surface area (Å²) in [5, 5.41) is 16.3. The summed E-state index contributed by atoms with van der Waals surface area (Å²) in [6, 6.07) is 16.0. The molecule has 0 bridgehead atoms. The minimum atomic E-state index is -0.576. The van der Waals surface area contributed by atoms with Gasteiger partial charge < -0.3 is 14.9 Å². The van der Waals surface area contributed by atoms with Crippen molar-refractivity contribution in [2.45, 2.75) is 50.5 Å². The van der Waals surface area contributed by atoms with Crippen molar-refractivity contribution in [1.82, 2.24) is 9.80 Å². The SMILES string of the molecule is Cc1ccccc1CCCC1(O)CCN(CC2CN(C(=O)c3cccc(Cl)c3Cl)CC2c2ccsc2)CC1. The van der Waals surface area contributed by atoms with Crippen molar-refractivity contribution in [3.63, 3.8) is 0 Å². The van der Waals surface area contributed by atoms with Crippen molar-refractivity contribution in [3.05, 3.63) is 91.6 Å². The van der Waals surface area contributed by atoms with Gasteiger partial charge in [-0.3, -0.25) is 4.79 Å². The molecule has 0 radical (unpaired) electrons. The highest BCUT2D eigenvalue weighted by Crippen LogP contribution is 2.37. The Hall–Kier alpha value is -1.89. The Labute approximate surface area is 240 Å². The van der Waals surface area contributed by atoms with E-state index in [1.807, 2.05) is 4.90 Å². The fraction of sp³-hybridized carbons (Fsp3) is 0.452. The molecule has 3 aromatic rings. The van der Waals surface area contributed by atoms with Crippen LogP contribution in [-0.4, -0.2) is 59.1 Å². The van der Waals surface area contributed by atoms with Crippen LogP contribution in [0.15, 0.2) is 59.3 Å². The fourth-order valence-electron chi connectivity index (χ4n) is 6.16. The lowest BCUT2D eigenvalue weighted by Crippen LogP contribution is -2.46. The van der Waals surface area contributed by atoms with Gasteiger partial charge in [0.05, 0.1) is 21.2 Å². The molecule has 2 unspecified atom stereocenters. The highest BCUT2D eigenvalue weighted by atomic mass is 35.5. The lowest BCUT2D eigenvalue weighted by molar-refractivity contribution is -0.0315. The number of carbonyl (C=O) groups is 1. The third kappa shape index (κ3) is 6.29. The largest absolute Gasteiger partial charge is 0.390 e. The highest BCUT2D eigenvalue weighted by Gasteiger charge is 2.39. The third-order valence-corrected chi connectivity index (χ3v) is 10.0. The first-order valence-electron chi connectivity index (χ1n) is 13.6. The number of rotatable bonds is 8. The molecule has 1 amide bonds. The molecule has 2 aromatic carbocycles. The molecule has 38 heavy (non-hydrogen) atoms. The quantitative estimate of drug-likeness (QED) is 0.315. The van der Waals surface area contributed by atoms with Crippen LogP contribution in [0.2, 0.25) is 10.0 Å². The minimum Gasteiger partial charge on any atom is -0.390 e. The van der Waals surface area contributed by atoms with Crippen LogP contribution < -0.4 is 0 Å². The molecule has 1 N–H and O–H groups in total. The molecule has 0 aliphatic carbocycles. The van der Waals surface area contributed by atoms with Crippen molar-refractivity contribution in [1.29, 1.82) is 0 Å². The van der Waals surface area contributed by atoms with Crippen LogP contribution >= 0.6 is 34.5 Å². The Morgan fingerprint density at radius 3 is 2.61 bits per heavy atom. The number of halogens is 2. The van der Waals surface area contributed by atoms with E-state index in [4.69, 9.17) is 23.2 Å². The number of benzene rings is 2. The fourth-order valence-corrected chi connectivity index (χ4v) is 7.26. The predicted molar refractivity (Wildman–Crippen MR) is 158 cm³/mol. The first kappa shape index (κ1) is 27.7. The maximum absolute atomic E-state index is 13.4. The van der Waals surface area contributed by atoms with Crippen molar-refractivity contribution in [2.75, 3.05) is 32.7 Å². The third-order valence-electron chi connectivity index (χ3n) is 8.51. The molecule has 5 rings (SSSR count). The Balaban J connectivity index is 1.19. The maximum Gasteiger partial charge on any atom is 0.255 e. The van der Waals surface area contributed by atoms with Gasteiger partial charge >= 0.3 is 0 Å². The van der Waals surface area contributed by atoms with Gasteiger partial charge in [0.1, 0.15) is 0 Å². The zero-order valence-corrected chi connectivity index (χ0v) is 24.2. The molecule has 2 aliphatic heterocycles. The second kappa shape index (κ2) is 12.1. The minimum absolute atomic E-state index is 0.0538. The maximum atomic E-state index is 13.4. The Morgan fingerprint density at radius 2 is 1.87 bits per heavy atom. The van der Waals surface area contributed by atoms with E-state index >= 15 is 0 Å². The van der Waals surface area contributed by atoms with Gasteiger partial charge in [-0.25, -0.2) is 0 Å². The molecule has 202 valence electrons. The normalized spacial score (nSPS) is 21.6. The average molecular weight is 572 g/mol.